The second kappa shape index (κ2) is 8.68. The number of nitrogens with zero attached hydrogens (tertiary/aromatic N) is 4. The van der Waals surface area contributed by atoms with Gasteiger partial charge < -0.3 is 14.4 Å². The average molecular weight is 424 g/mol. The van der Waals surface area contributed by atoms with E-state index in [1.807, 2.05) is 24.5 Å². The fourth-order valence-electron chi connectivity index (χ4n) is 3.55. The molecule has 160 valence electrons. The highest BCUT2D eigenvalue weighted by Gasteiger charge is 2.28. The molecular weight excluding hydrogens is 394 g/mol. The first-order valence-corrected chi connectivity index (χ1v) is 11.5. The summed E-state index contributed by atoms with van der Waals surface area (Å²) in [6, 6.07) is 4.79. The summed E-state index contributed by atoms with van der Waals surface area (Å²) in [6.45, 7) is 6.65. The minimum atomic E-state index is -3.37. The molecule has 9 nitrogen and oxygen atoms in total. The van der Waals surface area contributed by atoms with E-state index in [1.54, 1.807) is 19.2 Å². The fraction of sp³-hybridized carbons (Fsp3) is 0.579. The lowest BCUT2D eigenvalue weighted by atomic mass is 10.1. The van der Waals surface area contributed by atoms with Gasteiger partial charge in [-0.15, -0.1) is 10.2 Å². The zero-order chi connectivity index (χ0) is 21.2. The van der Waals surface area contributed by atoms with E-state index in [4.69, 9.17) is 4.74 Å². The van der Waals surface area contributed by atoms with Crippen molar-refractivity contribution < 1.29 is 18.3 Å². The van der Waals surface area contributed by atoms with Crippen LogP contribution in [0.3, 0.4) is 0 Å². The summed E-state index contributed by atoms with van der Waals surface area (Å²) in [5, 5.41) is 18.8. The van der Waals surface area contributed by atoms with E-state index in [9.17, 15) is 13.5 Å². The van der Waals surface area contributed by atoms with Gasteiger partial charge in [-0.25, -0.2) is 13.1 Å². The molecule has 0 unspecified atom stereocenters. The molecule has 0 spiro atoms. The summed E-state index contributed by atoms with van der Waals surface area (Å²) < 4.78 is 33.6. The molecule has 0 radical (unpaired) electrons. The highest BCUT2D eigenvalue weighted by atomic mass is 32.2. The summed E-state index contributed by atoms with van der Waals surface area (Å²) in [5.41, 5.74) is 0.807. The van der Waals surface area contributed by atoms with E-state index in [2.05, 4.69) is 19.8 Å². The first-order chi connectivity index (χ1) is 13.7. The quantitative estimate of drug-likeness (QED) is 0.691. The van der Waals surface area contributed by atoms with Gasteiger partial charge in [-0.1, -0.05) is 13.8 Å². The Morgan fingerprint density at radius 3 is 2.66 bits per heavy atom. The Balaban J connectivity index is 1.77. The molecule has 2 N–H and O–H groups in total. The van der Waals surface area contributed by atoms with Crippen LogP contribution in [0.25, 0.3) is 0 Å². The molecule has 0 aliphatic carbocycles. The fourth-order valence-corrected chi connectivity index (χ4v) is 4.39. The number of hydrogen-bond acceptors (Lipinski definition) is 7. The molecule has 2 heterocycles. The van der Waals surface area contributed by atoms with Gasteiger partial charge in [0, 0.05) is 38.2 Å². The molecule has 3 rings (SSSR count). The monoisotopic (exact) mass is 423 g/mol. The topological polar surface area (TPSA) is 110 Å². The SMILES string of the molecule is COc1ccc(O)c(CN2CCc3nnc([C@@H](NS(C)(=O)=O)C(C)C)n3CC2)c1. The van der Waals surface area contributed by atoms with Gasteiger partial charge in [0.15, 0.2) is 5.82 Å². The lowest BCUT2D eigenvalue weighted by molar-refractivity contribution is 0.264. The predicted octanol–water partition coefficient (Wildman–Crippen LogP) is 1.30. The standard InChI is InChI=1S/C19H29N5O4S/c1-13(2)18(22-29(4,26)27)19-21-20-17-7-8-23(9-10-24(17)19)12-14-11-15(28-3)5-6-16(14)25/h5-6,11,13,18,22,25H,7-10,12H2,1-4H3/t18-/m0/s1. The van der Waals surface area contributed by atoms with Crippen LogP contribution in [-0.4, -0.2) is 59.6 Å². The second-order valence-corrected chi connectivity index (χ2v) is 9.54. The number of sulfonamides is 1. The normalized spacial score (nSPS) is 16.4. The minimum Gasteiger partial charge on any atom is -0.508 e. The van der Waals surface area contributed by atoms with E-state index in [1.165, 1.54) is 0 Å². The van der Waals surface area contributed by atoms with Crippen molar-refractivity contribution in [3.05, 3.63) is 35.4 Å². The molecule has 2 aromatic rings. The molecule has 0 fully saturated rings. The highest BCUT2D eigenvalue weighted by Crippen LogP contribution is 2.26. The molecule has 0 bridgehead atoms. The van der Waals surface area contributed by atoms with Crippen molar-refractivity contribution in [1.82, 2.24) is 24.4 Å². The Bertz CT molecular complexity index is 958. The van der Waals surface area contributed by atoms with Crippen LogP contribution in [0.5, 0.6) is 11.5 Å². The van der Waals surface area contributed by atoms with E-state index < -0.39 is 16.1 Å². The molecule has 0 saturated carbocycles. The molecule has 1 aromatic heterocycles. The number of fused-ring (bicyclic) bond motifs is 1. The van der Waals surface area contributed by atoms with Crippen LogP contribution in [0.1, 0.15) is 37.1 Å². The molecule has 0 amide bonds. The smallest absolute Gasteiger partial charge is 0.209 e. The number of aromatic nitrogens is 3. The molecule has 1 atom stereocenters. The Labute approximate surface area is 171 Å². The van der Waals surface area contributed by atoms with Crippen LogP contribution in [0.4, 0.5) is 0 Å². The molecule has 1 aliphatic heterocycles. The van der Waals surface area contributed by atoms with Gasteiger partial charge >= 0.3 is 0 Å². The van der Waals surface area contributed by atoms with Crippen molar-refractivity contribution in [1.29, 1.82) is 0 Å². The van der Waals surface area contributed by atoms with Crippen LogP contribution in [0.15, 0.2) is 18.2 Å². The van der Waals surface area contributed by atoms with Crippen LogP contribution in [-0.2, 0) is 29.5 Å². The van der Waals surface area contributed by atoms with Crippen LogP contribution >= 0.6 is 0 Å². The Morgan fingerprint density at radius 2 is 2.00 bits per heavy atom. The number of aromatic hydroxyl groups is 1. The maximum atomic E-state index is 11.8. The van der Waals surface area contributed by atoms with E-state index >= 15 is 0 Å². The number of phenols is 1. The summed E-state index contributed by atoms with van der Waals surface area (Å²) >= 11 is 0. The van der Waals surface area contributed by atoms with Gasteiger partial charge in [-0.3, -0.25) is 4.90 Å². The number of rotatable bonds is 7. The van der Waals surface area contributed by atoms with Gasteiger partial charge in [0.2, 0.25) is 10.0 Å². The number of phenolic OH excluding ortho intramolecular Hbond substituents is 1. The Hall–Kier alpha value is -2.17. The summed E-state index contributed by atoms with van der Waals surface area (Å²) in [4.78, 5) is 2.24. The van der Waals surface area contributed by atoms with Crippen molar-refractivity contribution in [2.75, 3.05) is 26.5 Å². The van der Waals surface area contributed by atoms with E-state index in [0.717, 1.165) is 30.7 Å². The Kier molecular flexibility index (Phi) is 6.45. The van der Waals surface area contributed by atoms with Crippen molar-refractivity contribution in [3.8, 4) is 11.5 Å². The van der Waals surface area contributed by atoms with E-state index in [0.29, 0.717) is 31.1 Å². The van der Waals surface area contributed by atoms with Gasteiger partial charge in [-0.2, -0.15) is 0 Å². The van der Waals surface area contributed by atoms with Crippen molar-refractivity contribution >= 4 is 10.0 Å². The Morgan fingerprint density at radius 1 is 1.24 bits per heavy atom. The number of nitrogens with one attached hydrogen (secondary N) is 1. The third kappa shape index (κ3) is 5.26. The van der Waals surface area contributed by atoms with Gasteiger partial charge in [0.25, 0.3) is 0 Å². The van der Waals surface area contributed by atoms with Gasteiger partial charge in [0.05, 0.1) is 19.4 Å². The lowest BCUT2D eigenvalue weighted by Crippen LogP contribution is -2.33. The first kappa shape index (κ1) is 21.5. The molecule has 10 heteroatoms. The zero-order valence-electron chi connectivity index (χ0n) is 17.3. The molecule has 1 aliphatic rings. The third-order valence-corrected chi connectivity index (χ3v) is 5.80. The molecule has 0 saturated heterocycles. The first-order valence-electron chi connectivity index (χ1n) is 9.65. The molecular formula is C19H29N5O4S. The van der Waals surface area contributed by atoms with Crippen molar-refractivity contribution in [2.45, 2.75) is 39.4 Å². The summed E-state index contributed by atoms with van der Waals surface area (Å²) in [5.74, 6) is 2.47. The highest BCUT2D eigenvalue weighted by molar-refractivity contribution is 7.88. The number of benzene rings is 1. The van der Waals surface area contributed by atoms with Gasteiger partial charge in [-0.05, 0) is 24.1 Å². The molecule has 1 aromatic carbocycles. The van der Waals surface area contributed by atoms with Gasteiger partial charge in [0.1, 0.15) is 17.3 Å². The maximum Gasteiger partial charge on any atom is 0.209 e. The van der Waals surface area contributed by atoms with Crippen LogP contribution < -0.4 is 9.46 Å². The second-order valence-electron chi connectivity index (χ2n) is 7.76. The van der Waals surface area contributed by atoms with Crippen molar-refractivity contribution in [3.63, 3.8) is 0 Å². The lowest BCUT2D eigenvalue weighted by Gasteiger charge is -2.23. The van der Waals surface area contributed by atoms with E-state index in [-0.39, 0.29) is 11.7 Å². The maximum absolute atomic E-state index is 11.8. The third-order valence-electron chi connectivity index (χ3n) is 5.11. The van der Waals surface area contributed by atoms with Crippen LogP contribution in [0, 0.1) is 5.92 Å². The number of methoxy groups -OCH3 is 1. The number of ether oxygens (including phenoxy) is 1. The average Bonchev–Trinajstić information content (AvgIpc) is 2.94. The largest absolute Gasteiger partial charge is 0.508 e. The minimum absolute atomic E-state index is 0.0334. The summed E-state index contributed by atoms with van der Waals surface area (Å²) in [7, 11) is -1.77. The summed E-state index contributed by atoms with van der Waals surface area (Å²) in [6.07, 6.45) is 1.85. The molecule has 29 heavy (non-hydrogen) atoms. The van der Waals surface area contributed by atoms with Crippen LogP contribution in [0.2, 0.25) is 0 Å². The number of hydrogen-bond donors (Lipinski definition) is 2. The van der Waals surface area contributed by atoms with Crippen molar-refractivity contribution in [2.24, 2.45) is 5.92 Å². The predicted molar refractivity (Wildman–Crippen MR) is 109 cm³/mol. The zero-order valence-corrected chi connectivity index (χ0v) is 18.1.